The second-order valence-electron chi connectivity index (χ2n) is 3.27. The van der Waals surface area contributed by atoms with E-state index in [2.05, 4.69) is 15.2 Å². The maximum absolute atomic E-state index is 10.6. The number of non-ortho nitro benzene ring substituents is 1. The Balaban J connectivity index is 2.49. The average Bonchev–Trinajstić information content (AvgIpc) is 2.77. The topological polar surface area (TPSA) is 131 Å². The van der Waals surface area contributed by atoms with Gasteiger partial charge in [-0.05, 0) is 6.07 Å². The SMILES string of the molecule is NCc1nc(-c2cc([N+](=O)[O-])ccc2O)n[nH]1. The number of nitrogens with two attached hydrogens (primary N) is 1. The molecule has 0 aliphatic carbocycles. The molecule has 8 nitrogen and oxygen atoms in total. The number of hydrogen-bond donors (Lipinski definition) is 3. The van der Waals surface area contributed by atoms with Gasteiger partial charge in [-0.3, -0.25) is 15.2 Å². The first kappa shape index (κ1) is 11.0. The van der Waals surface area contributed by atoms with Crippen LogP contribution in [0.5, 0.6) is 5.75 Å². The fourth-order valence-electron chi connectivity index (χ4n) is 1.32. The van der Waals surface area contributed by atoms with Gasteiger partial charge in [-0.2, -0.15) is 5.10 Å². The molecular formula is C9H9N5O3. The van der Waals surface area contributed by atoms with Crippen LogP contribution in [0.3, 0.4) is 0 Å². The Morgan fingerprint density at radius 3 is 2.88 bits per heavy atom. The van der Waals surface area contributed by atoms with Crippen LogP contribution in [0.4, 0.5) is 5.69 Å². The fourth-order valence-corrected chi connectivity index (χ4v) is 1.32. The number of rotatable bonds is 3. The number of nitrogens with zero attached hydrogens (tertiary/aromatic N) is 3. The first-order chi connectivity index (χ1) is 8.11. The standard InChI is InChI=1S/C9H9N5O3/c10-4-8-11-9(13-12-8)6-3-5(14(16)17)1-2-7(6)15/h1-3,15H,4,10H2,(H,11,12,13). The van der Waals surface area contributed by atoms with Gasteiger partial charge < -0.3 is 10.8 Å². The van der Waals surface area contributed by atoms with Crippen molar-refractivity contribution in [1.29, 1.82) is 0 Å². The van der Waals surface area contributed by atoms with Gasteiger partial charge in [0.05, 0.1) is 17.0 Å². The van der Waals surface area contributed by atoms with Crippen molar-refractivity contribution in [2.24, 2.45) is 5.73 Å². The van der Waals surface area contributed by atoms with Gasteiger partial charge in [0.25, 0.3) is 5.69 Å². The molecule has 0 amide bonds. The summed E-state index contributed by atoms with van der Waals surface area (Å²) in [5.41, 5.74) is 5.40. The predicted molar refractivity (Wildman–Crippen MR) is 58.0 cm³/mol. The van der Waals surface area contributed by atoms with Crippen molar-refractivity contribution in [2.45, 2.75) is 6.54 Å². The van der Waals surface area contributed by atoms with Crippen molar-refractivity contribution < 1.29 is 10.0 Å². The number of aromatic nitrogens is 3. The lowest BCUT2D eigenvalue weighted by Crippen LogP contribution is -1.98. The van der Waals surface area contributed by atoms with E-state index in [0.717, 1.165) is 0 Å². The molecule has 0 saturated heterocycles. The molecule has 0 atom stereocenters. The van der Waals surface area contributed by atoms with Gasteiger partial charge in [0.15, 0.2) is 5.82 Å². The van der Waals surface area contributed by atoms with Crippen molar-refractivity contribution in [1.82, 2.24) is 15.2 Å². The van der Waals surface area contributed by atoms with Gasteiger partial charge in [-0.15, -0.1) is 0 Å². The summed E-state index contributed by atoms with van der Waals surface area (Å²) in [7, 11) is 0. The summed E-state index contributed by atoms with van der Waals surface area (Å²) in [6.45, 7) is 0.169. The molecule has 88 valence electrons. The van der Waals surface area contributed by atoms with Crippen LogP contribution in [-0.4, -0.2) is 25.2 Å². The lowest BCUT2D eigenvalue weighted by molar-refractivity contribution is -0.384. The van der Waals surface area contributed by atoms with E-state index in [9.17, 15) is 15.2 Å². The summed E-state index contributed by atoms with van der Waals surface area (Å²) in [6, 6.07) is 3.64. The summed E-state index contributed by atoms with van der Waals surface area (Å²) < 4.78 is 0. The number of nitro benzene ring substituents is 1. The Kier molecular flexibility index (Phi) is 2.71. The Labute approximate surface area is 95.3 Å². The van der Waals surface area contributed by atoms with Crippen molar-refractivity contribution >= 4 is 5.69 Å². The second-order valence-corrected chi connectivity index (χ2v) is 3.27. The Hall–Kier alpha value is -2.48. The van der Waals surface area contributed by atoms with Crippen LogP contribution in [0, 0.1) is 10.1 Å². The van der Waals surface area contributed by atoms with E-state index in [4.69, 9.17) is 5.73 Å². The zero-order valence-electron chi connectivity index (χ0n) is 8.62. The van der Waals surface area contributed by atoms with Crippen molar-refractivity contribution in [3.63, 3.8) is 0 Å². The average molecular weight is 235 g/mol. The lowest BCUT2D eigenvalue weighted by Gasteiger charge is -1.99. The van der Waals surface area contributed by atoms with Crippen LogP contribution in [0.25, 0.3) is 11.4 Å². The quantitative estimate of drug-likeness (QED) is 0.525. The third-order valence-electron chi connectivity index (χ3n) is 2.16. The third-order valence-corrected chi connectivity index (χ3v) is 2.16. The third kappa shape index (κ3) is 2.06. The Morgan fingerprint density at radius 1 is 1.53 bits per heavy atom. The van der Waals surface area contributed by atoms with E-state index < -0.39 is 4.92 Å². The number of phenolic OH excluding ortho intramolecular Hbond substituents is 1. The molecular weight excluding hydrogens is 226 g/mol. The van der Waals surface area contributed by atoms with Crippen LogP contribution in [0.2, 0.25) is 0 Å². The molecule has 0 spiro atoms. The molecule has 0 bridgehead atoms. The van der Waals surface area contributed by atoms with E-state index in [1.807, 2.05) is 0 Å². The van der Waals surface area contributed by atoms with E-state index in [0.29, 0.717) is 5.82 Å². The van der Waals surface area contributed by atoms with Crippen molar-refractivity contribution in [2.75, 3.05) is 0 Å². The number of phenols is 1. The lowest BCUT2D eigenvalue weighted by atomic mass is 10.1. The van der Waals surface area contributed by atoms with Gasteiger partial charge in [-0.25, -0.2) is 4.98 Å². The molecule has 0 fully saturated rings. The van der Waals surface area contributed by atoms with Crippen molar-refractivity contribution in [3.05, 3.63) is 34.1 Å². The predicted octanol–water partition coefficient (Wildman–Crippen LogP) is 0.544. The second kappa shape index (κ2) is 4.18. The molecule has 0 aliphatic rings. The zero-order valence-corrected chi connectivity index (χ0v) is 8.62. The summed E-state index contributed by atoms with van der Waals surface area (Å²) in [5.74, 6) is 0.482. The monoisotopic (exact) mass is 235 g/mol. The highest BCUT2D eigenvalue weighted by Gasteiger charge is 2.15. The molecule has 1 heterocycles. The van der Waals surface area contributed by atoms with Gasteiger partial charge in [0, 0.05) is 12.1 Å². The molecule has 8 heteroatoms. The van der Waals surface area contributed by atoms with Crippen LogP contribution in [-0.2, 0) is 6.54 Å². The van der Waals surface area contributed by atoms with Gasteiger partial charge >= 0.3 is 0 Å². The molecule has 0 radical (unpaired) electrons. The molecule has 1 aromatic carbocycles. The minimum Gasteiger partial charge on any atom is -0.507 e. The minimum atomic E-state index is -0.556. The maximum atomic E-state index is 10.6. The number of H-pyrrole nitrogens is 1. The molecule has 0 saturated carbocycles. The van der Waals surface area contributed by atoms with Crippen LogP contribution < -0.4 is 5.73 Å². The van der Waals surface area contributed by atoms with Gasteiger partial charge in [-0.1, -0.05) is 0 Å². The van der Waals surface area contributed by atoms with Gasteiger partial charge in [0.2, 0.25) is 0 Å². The number of aromatic amines is 1. The molecule has 0 aliphatic heterocycles. The van der Waals surface area contributed by atoms with Crippen LogP contribution in [0.1, 0.15) is 5.82 Å². The smallest absolute Gasteiger partial charge is 0.270 e. The summed E-state index contributed by atoms with van der Waals surface area (Å²) >= 11 is 0. The van der Waals surface area contributed by atoms with Crippen LogP contribution >= 0.6 is 0 Å². The maximum Gasteiger partial charge on any atom is 0.270 e. The van der Waals surface area contributed by atoms with E-state index in [1.54, 1.807) is 0 Å². The van der Waals surface area contributed by atoms with Crippen LogP contribution in [0.15, 0.2) is 18.2 Å². The number of nitrogens with one attached hydrogen (secondary N) is 1. The molecule has 1 aromatic heterocycles. The zero-order chi connectivity index (χ0) is 12.4. The Bertz CT molecular complexity index is 566. The number of aromatic hydroxyl groups is 1. The molecule has 0 unspecified atom stereocenters. The fraction of sp³-hybridized carbons (Fsp3) is 0.111. The van der Waals surface area contributed by atoms with E-state index >= 15 is 0 Å². The summed E-state index contributed by atoms with van der Waals surface area (Å²) in [6.07, 6.45) is 0. The molecule has 4 N–H and O–H groups in total. The molecule has 2 aromatic rings. The summed E-state index contributed by atoms with van der Waals surface area (Å²) in [5, 5.41) is 26.6. The highest BCUT2D eigenvalue weighted by Crippen LogP contribution is 2.30. The van der Waals surface area contributed by atoms with Crippen molar-refractivity contribution in [3.8, 4) is 17.1 Å². The molecule has 2 rings (SSSR count). The molecule has 17 heavy (non-hydrogen) atoms. The summed E-state index contributed by atoms with van der Waals surface area (Å²) in [4.78, 5) is 14.0. The minimum absolute atomic E-state index is 0.127. The number of hydrogen-bond acceptors (Lipinski definition) is 6. The van der Waals surface area contributed by atoms with E-state index in [1.165, 1.54) is 18.2 Å². The number of benzene rings is 1. The number of nitro groups is 1. The Morgan fingerprint density at radius 2 is 2.29 bits per heavy atom. The van der Waals surface area contributed by atoms with Gasteiger partial charge in [0.1, 0.15) is 11.6 Å². The highest BCUT2D eigenvalue weighted by molar-refractivity contribution is 5.66. The largest absolute Gasteiger partial charge is 0.507 e. The first-order valence-electron chi connectivity index (χ1n) is 4.71. The normalized spacial score (nSPS) is 10.4. The van der Waals surface area contributed by atoms with E-state index in [-0.39, 0.29) is 29.4 Å². The highest BCUT2D eigenvalue weighted by atomic mass is 16.6. The first-order valence-corrected chi connectivity index (χ1v) is 4.71.